The van der Waals surface area contributed by atoms with Crippen molar-refractivity contribution in [2.45, 2.75) is 18.4 Å². The summed E-state index contributed by atoms with van der Waals surface area (Å²) < 4.78 is 60.1. The minimum atomic E-state index is -3.83. The fourth-order valence-electron chi connectivity index (χ4n) is 4.03. The number of para-hydroxylation sites is 1. The fourth-order valence-corrected chi connectivity index (χ4v) is 6.29. The normalized spacial score (nSPS) is 14.9. The number of carbonyl (C=O) groups excluding carboxylic acids is 1. The second kappa shape index (κ2) is 11.0. The molecule has 1 aliphatic rings. The van der Waals surface area contributed by atoms with Crippen LogP contribution in [0.1, 0.15) is 11.4 Å². The average Bonchev–Trinajstić information content (AvgIpc) is 3.31. The topological polar surface area (TPSA) is 131 Å². The van der Waals surface area contributed by atoms with Crippen LogP contribution < -0.4 is 9.62 Å². The summed E-state index contributed by atoms with van der Waals surface area (Å²) in [5, 5.41) is 2.78. The van der Waals surface area contributed by atoms with Crippen LogP contribution in [-0.2, 0) is 36.1 Å². The Morgan fingerprint density at radius 3 is 2.35 bits per heavy atom. The van der Waals surface area contributed by atoms with Crippen molar-refractivity contribution in [2.24, 2.45) is 0 Å². The van der Waals surface area contributed by atoms with Gasteiger partial charge in [-0.1, -0.05) is 18.2 Å². The van der Waals surface area contributed by atoms with Gasteiger partial charge in [0.1, 0.15) is 12.4 Å². The maximum atomic E-state index is 12.9. The van der Waals surface area contributed by atoms with E-state index in [1.165, 1.54) is 28.6 Å². The molecule has 1 amide bonds. The molecule has 1 fully saturated rings. The summed E-state index contributed by atoms with van der Waals surface area (Å²) in [6, 6.07) is 13.0. The third kappa shape index (κ3) is 6.18. The number of sulfonamides is 2. The lowest BCUT2D eigenvalue weighted by molar-refractivity contribution is -0.119. The number of benzene rings is 2. The number of carbonyl (C=O) groups is 1. The van der Waals surface area contributed by atoms with Crippen LogP contribution in [0.2, 0.25) is 0 Å². The minimum Gasteiger partial charge on any atom is -0.379 e. The van der Waals surface area contributed by atoms with Gasteiger partial charge in [0.2, 0.25) is 26.0 Å². The van der Waals surface area contributed by atoms with E-state index >= 15 is 0 Å². The monoisotopic (exact) mass is 547 g/mol. The van der Waals surface area contributed by atoms with Crippen LogP contribution in [0.15, 0.2) is 65.8 Å². The Labute approximate surface area is 216 Å². The molecule has 1 N–H and O–H groups in total. The first-order chi connectivity index (χ1) is 17.6. The lowest BCUT2D eigenvalue weighted by Crippen LogP contribution is -2.41. The molecular weight excluding hydrogens is 518 g/mol. The Morgan fingerprint density at radius 1 is 1.05 bits per heavy atom. The maximum Gasteiger partial charge on any atom is 0.243 e. The number of morpholine rings is 1. The van der Waals surface area contributed by atoms with Gasteiger partial charge in [0, 0.05) is 32.0 Å². The summed E-state index contributed by atoms with van der Waals surface area (Å²) >= 11 is 0. The zero-order chi connectivity index (χ0) is 26.6. The number of anilines is 1. The van der Waals surface area contributed by atoms with E-state index in [0.717, 1.165) is 27.6 Å². The van der Waals surface area contributed by atoms with Crippen LogP contribution in [0.25, 0.3) is 5.69 Å². The first kappa shape index (κ1) is 26.8. The molecule has 0 atom stereocenters. The quantitative estimate of drug-likeness (QED) is 0.427. The van der Waals surface area contributed by atoms with Crippen molar-refractivity contribution in [3.05, 3.63) is 72.3 Å². The highest BCUT2D eigenvalue weighted by molar-refractivity contribution is 7.92. The third-order valence-corrected chi connectivity index (χ3v) is 9.03. The molecule has 1 aromatic heterocycles. The highest BCUT2D eigenvalue weighted by Gasteiger charge is 2.27. The third-order valence-electron chi connectivity index (χ3n) is 5.97. The second-order valence-corrected chi connectivity index (χ2v) is 12.4. The highest BCUT2D eigenvalue weighted by Crippen LogP contribution is 2.23. The molecule has 1 saturated heterocycles. The number of imidazole rings is 1. The molecule has 0 saturated carbocycles. The average molecular weight is 548 g/mol. The lowest BCUT2D eigenvalue weighted by atomic mass is 10.1. The zero-order valence-electron chi connectivity index (χ0n) is 20.6. The number of nitrogens with zero attached hydrogens (tertiary/aromatic N) is 4. The van der Waals surface area contributed by atoms with Crippen molar-refractivity contribution in [1.29, 1.82) is 0 Å². The SMILES string of the molecule is Cc1nccn1-c1ccccc1CNC(=O)CN(c1ccc(S(=O)(=O)N2CCOCC2)cc1)S(C)(=O)=O. The van der Waals surface area contributed by atoms with E-state index in [1.807, 2.05) is 42.0 Å². The highest BCUT2D eigenvalue weighted by atomic mass is 32.2. The van der Waals surface area contributed by atoms with Crippen LogP contribution in [0.3, 0.4) is 0 Å². The first-order valence-corrected chi connectivity index (χ1v) is 14.9. The lowest BCUT2D eigenvalue weighted by Gasteiger charge is -2.26. The van der Waals surface area contributed by atoms with Crippen LogP contribution in [0, 0.1) is 6.92 Å². The van der Waals surface area contributed by atoms with Crippen LogP contribution >= 0.6 is 0 Å². The van der Waals surface area contributed by atoms with Crippen molar-refractivity contribution in [3.8, 4) is 5.69 Å². The second-order valence-electron chi connectivity index (χ2n) is 8.53. The smallest absolute Gasteiger partial charge is 0.243 e. The Morgan fingerprint density at radius 2 is 1.73 bits per heavy atom. The molecule has 0 aliphatic carbocycles. The van der Waals surface area contributed by atoms with Crippen molar-refractivity contribution in [1.82, 2.24) is 19.2 Å². The summed E-state index contributed by atoms with van der Waals surface area (Å²) in [5.74, 6) is 0.286. The first-order valence-electron chi connectivity index (χ1n) is 11.6. The maximum absolute atomic E-state index is 12.9. The van der Waals surface area contributed by atoms with Gasteiger partial charge in [-0.2, -0.15) is 4.31 Å². The molecule has 198 valence electrons. The van der Waals surface area contributed by atoms with Gasteiger partial charge >= 0.3 is 0 Å². The van der Waals surface area contributed by atoms with Crippen LogP contribution in [0.5, 0.6) is 0 Å². The van der Waals surface area contributed by atoms with E-state index < -0.39 is 32.5 Å². The molecule has 2 aromatic carbocycles. The number of hydrogen-bond acceptors (Lipinski definition) is 7. The molecule has 2 heterocycles. The Balaban J connectivity index is 1.47. The molecule has 37 heavy (non-hydrogen) atoms. The van der Waals surface area contributed by atoms with Crippen molar-refractivity contribution in [3.63, 3.8) is 0 Å². The van der Waals surface area contributed by atoms with Gasteiger partial charge < -0.3 is 14.6 Å². The van der Waals surface area contributed by atoms with Crippen LogP contribution in [-0.4, -0.2) is 75.7 Å². The molecule has 1 aliphatic heterocycles. The minimum absolute atomic E-state index is 0.0439. The van der Waals surface area contributed by atoms with E-state index in [9.17, 15) is 21.6 Å². The Hall–Kier alpha value is -3.26. The van der Waals surface area contributed by atoms with E-state index in [-0.39, 0.29) is 30.2 Å². The molecule has 0 bridgehead atoms. The number of ether oxygens (including phenoxy) is 1. The predicted molar refractivity (Wildman–Crippen MR) is 138 cm³/mol. The van der Waals surface area contributed by atoms with Crippen LogP contribution in [0.4, 0.5) is 5.69 Å². The molecule has 0 radical (unpaired) electrons. The van der Waals surface area contributed by atoms with Crippen molar-refractivity contribution >= 4 is 31.6 Å². The van der Waals surface area contributed by atoms with Gasteiger partial charge in [-0.15, -0.1) is 0 Å². The van der Waals surface area contributed by atoms with Gasteiger partial charge in [0.15, 0.2) is 0 Å². The van der Waals surface area contributed by atoms with Gasteiger partial charge in [0.25, 0.3) is 0 Å². The summed E-state index contributed by atoms with van der Waals surface area (Å²) in [5.41, 5.74) is 1.88. The Kier molecular flexibility index (Phi) is 7.97. The summed E-state index contributed by atoms with van der Waals surface area (Å²) in [6.45, 7) is 2.74. The molecule has 0 unspecified atom stereocenters. The van der Waals surface area contributed by atoms with Gasteiger partial charge in [-0.25, -0.2) is 21.8 Å². The number of aromatic nitrogens is 2. The number of aryl methyl sites for hydroxylation is 1. The molecular formula is C24H29N5O6S2. The number of rotatable bonds is 9. The van der Waals surface area contributed by atoms with Crippen molar-refractivity contribution < 1.29 is 26.4 Å². The van der Waals surface area contributed by atoms with Gasteiger partial charge in [-0.05, 0) is 42.8 Å². The van der Waals surface area contributed by atoms with E-state index in [2.05, 4.69) is 10.3 Å². The molecule has 4 rings (SSSR count). The van der Waals surface area contributed by atoms with E-state index in [1.54, 1.807) is 6.20 Å². The largest absolute Gasteiger partial charge is 0.379 e. The van der Waals surface area contributed by atoms with Gasteiger partial charge in [0.05, 0.1) is 35.7 Å². The van der Waals surface area contributed by atoms with E-state index in [4.69, 9.17) is 4.74 Å². The fraction of sp³-hybridized carbons (Fsp3) is 0.333. The van der Waals surface area contributed by atoms with Gasteiger partial charge in [-0.3, -0.25) is 9.10 Å². The molecule has 3 aromatic rings. The molecule has 11 nitrogen and oxygen atoms in total. The standard InChI is InChI=1S/C24H29N5O6S2/c1-19-25-11-12-28(19)23-6-4-3-5-20(23)17-26-24(30)18-29(36(2,31)32)21-7-9-22(10-8-21)37(33,34)27-13-15-35-16-14-27/h3-12H,13-18H2,1-2H3,(H,26,30). The summed E-state index contributed by atoms with van der Waals surface area (Å²) in [6.07, 6.45) is 4.51. The summed E-state index contributed by atoms with van der Waals surface area (Å²) in [7, 11) is -7.56. The number of hydrogen-bond donors (Lipinski definition) is 1. The van der Waals surface area contributed by atoms with E-state index in [0.29, 0.717) is 13.2 Å². The summed E-state index contributed by atoms with van der Waals surface area (Å²) in [4.78, 5) is 17.1. The Bertz CT molecular complexity index is 1460. The molecule has 13 heteroatoms. The number of amides is 1. The molecule has 0 spiro atoms. The van der Waals surface area contributed by atoms with Crippen molar-refractivity contribution in [2.75, 3.05) is 43.4 Å². The zero-order valence-corrected chi connectivity index (χ0v) is 22.2. The number of nitrogens with one attached hydrogen (secondary N) is 1. The predicted octanol–water partition coefficient (Wildman–Crippen LogP) is 1.28.